The molecule has 1 aromatic carbocycles. The number of hydrogen-bond donors (Lipinski definition) is 0. The van der Waals surface area contributed by atoms with Crippen LogP contribution in [-0.2, 0) is 4.79 Å². The van der Waals surface area contributed by atoms with Crippen LogP contribution in [-0.4, -0.2) is 18.2 Å². The third-order valence-corrected chi connectivity index (χ3v) is 3.42. The van der Waals surface area contributed by atoms with Crippen LogP contribution in [0.3, 0.4) is 0 Å². The lowest BCUT2D eigenvalue weighted by Crippen LogP contribution is -2.00. The molecule has 0 saturated heterocycles. The van der Waals surface area contributed by atoms with E-state index in [1.54, 1.807) is 0 Å². The number of pyridine rings is 1. The van der Waals surface area contributed by atoms with Crippen molar-refractivity contribution in [2.75, 3.05) is 7.11 Å². The van der Waals surface area contributed by atoms with Gasteiger partial charge in [-0.05, 0) is 12.1 Å². The number of aromatic nitrogens is 1. The minimum atomic E-state index is -1.26. The maximum atomic E-state index is 13.9. The van der Waals surface area contributed by atoms with Crippen LogP contribution in [0, 0.1) is 11.8 Å². The van der Waals surface area contributed by atoms with E-state index in [1.165, 1.54) is 18.2 Å². The first-order valence-electron chi connectivity index (χ1n) is 5.72. The van der Waals surface area contributed by atoms with Crippen molar-refractivity contribution in [3.8, 4) is 17.4 Å². The molecule has 23 heavy (non-hydrogen) atoms. The van der Waals surface area contributed by atoms with Crippen molar-refractivity contribution < 1.29 is 23.0 Å². The van der Waals surface area contributed by atoms with Gasteiger partial charge in [0, 0.05) is 0 Å². The van der Waals surface area contributed by atoms with Gasteiger partial charge in [-0.15, -0.1) is 0 Å². The third kappa shape index (κ3) is 3.54. The fraction of sp³-hybridized carbons (Fsp3) is 0.0769. The number of ether oxygens (including phenoxy) is 2. The van der Waals surface area contributed by atoms with E-state index in [4.69, 9.17) is 39.5 Å². The molecule has 0 aliphatic carbocycles. The lowest BCUT2D eigenvalue weighted by molar-refractivity contribution is 0.342. The zero-order valence-electron chi connectivity index (χ0n) is 11.2. The van der Waals surface area contributed by atoms with Gasteiger partial charge in [0.2, 0.25) is 17.7 Å². The average molecular weight is 382 g/mol. The molecule has 0 unspecified atom stereocenters. The Labute approximate surface area is 143 Å². The SMILES string of the molecule is COc1c(F)nc(Oc2c(Cl)cc(N=C=O)cc2Cl)c(Cl)c1F. The third-order valence-electron chi connectivity index (χ3n) is 2.53. The molecular formula is C13H5Cl3F2N2O3. The summed E-state index contributed by atoms with van der Waals surface area (Å²) in [7, 11) is 1.06. The molecular weight excluding hydrogens is 377 g/mol. The zero-order chi connectivity index (χ0) is 17.1. The Bertz CT molecular complexity index is 804. The second-order valence-electron chi connectivity index (χ2n) is 3.91. The molecule has 120 valence electrons. The van der Waals surface area contributed by atoms with E-state index in [0.717, 1.165) is 7.11 Å². The zero-order valence-corrected chi connectivity index (χ0v) is 13.4. The molecule has 0 amide bonds. The average Bonchev–Trinajstić information content (AvgIpc) is 2.48. The van der Waals surface area contributed by atoms with Crippen LogP contribution < -0.4 is 9.47 Å². The Balaban J connectivity index is 2.50. The summed E-state index contributed by atoms with van der Waals surface area (Å²) in [5, 5.41) is -0.785. The Kier molecular flexibility index (Phi) is 5.38. The molecule has 0 bridgehead atoms. The van der Waals surface area contributed by atoms with Crippen molar-refractivity contribution in [3.05, 3.63) is 39.0 Å². The van der Waals surface area contributed by atoms with E-state index in [-0.39, 0.29) is 21.5 Å². The number of carbonyl (C=O) groups excluding carboxylic acids is 1. The molecule has 10 heteroatoms. The maximum Gasteiger partial charge on any atom is 0.261 e. The first-order chi connectivity index (χ1) is 10.9. The number of rotatable bonds is 4. The van der Waals surface area contributed by atoms with Crippen molar-refractivity contribution in [2.24, 2.45) is 4.99 Å². The highest BCUT2D eigenvalue weighted by Gasteiger charge is 2.23. The second-order valence-corrected chi connectivity index (χ2v) is 5.11. The van der Waals surface area contributed by atoms with Crippen LogP contribution in [0.15, 0.2) is 17.1 Å². The lowest BCUT2D eigenvalue weighted by atomic mass is 10.3. The molecule has 0 radical (unpaired) electrons. The summed E-state index contributed by atoms with van der Waals surface area (Å²) in [4.78, 5) is 16.9. The predicted molar refractivity (Wildman–Crippen MR) is 80.0 cm³/mol. The maximum absolute atomic E-state index is 13.9. The van der Waals surface area contributed by atoms with Gasteiger partial charge in [0.05, 0.1) is 22.8 Å². The number of halogens is 5. The number of methoxy groups -OCH3 is 1. The minimum Gasteiger partial charge on any atom is -0.490 e. The summed E-state index contributed by atoms with van der Waals surface area (Å²) >= 11 is 17.6. The number of aliphatic imine (C=N–C) groups is 1. The second kappa shape index (κ2) is 7.10. The topological polar surface area (TPSA) is 60.8 Å². The van der Waals surface area contributed by atoms with E-state index < -0.39 is 28.4 Å². The van der Waals surface area contributed by atoms with Crippen molar-refractivity contribution >= 4 is 46.6 Å². The summed E-state index contributed by atoms with van der Waals surface area (Å²) in [6.45, 7) is 0. The molecule has 0 atom stereocenters. The van der Waals surface area contributed by atoms with Gasteiger partial charge >= 0.3 is 0 Å². The Hall–Kier alpha value is -1.92. The van der Waals surface area contributed by atoms with Crippen molar-refractivity contribution in [3.63, 3.8) is 0 Å². The smallest absolute Gasteiger partial charge is 0.261 e. The fourth-order valence-corrected chi connectivity index (χ4v) is 2.29. The fourth-order valence-electron chi connectivity index (χ4n) is 1.57. The van der Waals surface area contributed by atoms with E-state index in [1.807, 2.05) is 0 Å². The Morgan fingerprint density at radius 3 is 2.30 bits per heavy atom. The molecule has 2 aromatic rings. The first-order valence-corrected chi connectivity index (χ1v) is 6.85. The summed E-state index contributed by atoms with van der Waals surface area (Å²) < 4.78 is 37.2. The van der Waals surface area contributed by atoms with Crippen LogP contribution in [0.5, 0.6) is 17.4 Å². The van der Waals surface area contributed by atoms with Gasteiger partial charge in [0.15, 0.2) is 11.6 Å². The van der Waals surface area contributed by atoms with Crippen molar-refractivity contribution in [1.29, 1.82) is 0 Å². The predicted octanol–water partition coefficient (Wildman–Crippen LogP) is 5.09. The van der Waals surface area contributed by atoms with E-state index >= 15 is 0 Å². The molecule has 0 saturated carbocycles. The highest BCUT2D eigenvalue weighted by Crippen LogP contribution is 2.42. The van der Waals surface area contributed by atoms with Crippen LogP contribution in [0.1, 0.15) is 0 Å². The van der Waals surface area contributed by atoms with Gasteiger partial charge < -0.3 is 9.47 Å². The van der Waals surface area contributed by atoms with Gasteiger partial charge in [-0.25, -0.2) is 9.18 Å². The van der Waals surface area contributed by atoms with Crippen molar-refractivity contribution in [2.45, 2.75) is 0 Å². The van der Waals surface area contributed by atoms with Gasteiger partial charge in [0.25, 0.3) is 5.95 Å². The molecule has 1 heterocycles. The van der Waals surface area contributed by atoms with Gasteiger partial charge in [-0.1, -0.05) is 34.8 Å². The van der Waals surface area contributed by atoms with E-state index in [0.29, 0.717) is 0 Å². The summed E-state index contributed by atoms with van der Waals surface area (Å²) in [5.41, 5.74) is 0.119. The molecule has 0 aliphatic rings. The largest absolute Gasteiger partial charge is 0.490 e. The number of benzene rings is 1. The monoisotopic (exact) mass is 380 g/mol. The normalized spacial score (nSPS) is 10.2. The van der Waals surface area contributed by atoms with Gasteiger partial charge in [-0.3, -0.25) is 0 Å². The number of isocyanates is 1. The highest BCUT2D eigenvalue weighted by atomic mass is 35.5. The van der Waals surface area contributed by atoms with E-state index in [9.17, 15) is 13.6 Å². The molecule has 0 aliphatic heterocycles. The molecule has 0 fully saturated rings. The van der Waals surface area contributed by atoms with Gasteiger partial charge in [-0.2, -0.15) is 14.4 Å². The summed E-state index contributed by atoms with van der Waals surface area (Å²) in [5.74, 6) is -3.98. The molecule has 2 rings (SSSR count). The molecule has 1 aromatic heterocycles. The summed E-state index contributed by atoms with van der Waals surface area (Å²) in [6.07, 6.45) is 1.31. The van der Waals surface area contributed by atoms with Crippen LogP contribution >= 0.6 is 34.8 Å². The van der Waals surface area contributed by atoms with E-state index in [2.05, 4.69) is 14.7 Å². The van der Waals surface area contributed by atoms with Crippen molar-refractivity contribution in [1.82, 2.24) is 4.98 Å². The quantitative estimate of drug-likeness (QED) is 0.420. The highest BCUT2D eigenvalue weighted by molar-refractivity contribution is 6.37. The minimum absolute atomic E-state index is 0.0824. The first kappa shape index (κ1) is 17.4. The number of hydrogen-bond acceptors (Lipinski definition) is 5. The Morgan fingerprint density at radius 2 is 1.78 bits per heavy atom. The van der Waals surface area contributed by atoms with Crippen LogP contribution in [0.25, 0.3) is 0 Å². The standard InChI is InChI=1S/C13H5Cl3F2N2O3/c1-22-11-9(17)8(16)13(20-12(11)18)23-10-6(14)2-5(19-4-21)3-7(10)15/h2-3H,1H3. The van der Waals surface area contributed by atoms with Crippen LogP contribution in [0.2, 0.25) is 15.1 Å². The molecule has 5 nitrogen and oxygen atoms in total. The lowest BCUT2D eigenvalue weighted by Gasteiger charge is -2.12. The van der Waals surface area contributed by atoms with Gasteiger partial charge in [0.1, 0.15) is 5.02 Å². The summed E-state index contributed by atoms with van der Waals surface area (Å²) in [6, 6.07) is 2.47. The molecule has 0 N–H and O–H groups in total. The Morgan fingerprint density at radius 1 is 1.17 bits per heavy atom. The molecule has 0 spiro atoms. The van der Waals surface area contributed by atoms with Crippen LogP contribution in [0.4, 0.5) is 14.5 Å². The number of nitrogens with zero attached hydrogens (tertiary/aromatic N) is 2.